The molecule has 1 amide bonds. The number of aliphatic hydroxyl groups is 1. The maximum absolute atomic E-state index is 12.3. The number of aliphatic hydroxyl groups excluding tert-OH is 1. The molecule has 5 heteroatoms. The van der Waals surface area contributed by atoms with Gasteiger partial charge in [-0.25, -0.2) is 9.97 Å². The fraction of sp³-hybridized carbons (Fsp3) is 0.188. The van der Waals surface area contributed by atoms with E-state index in [4.69, 9.17) is 5.11 Å². The number of nitrogens with zero attached hydrogens (tertiary/aromatic N) is 2. The van der Waals surface area contributed by atoms with E-state index >= 15 is 0 Å². The molecule has 0 unspecified atom stereocenters. The van der Waals surface area contributed by atoms with Gasteiger partial charge in [0, 0.05) is 17.0 Å². The topological polar surface area (TPSA) is 75.1 Å². The van der Waals surface area contributed by atoms with Crippen molar-refractivity contribution in [2.75, 3.05) is 11.9 Å². The number of benzene rings is 1. The third kappa shape index (κ3) is 3.88. The van der Waals surface area contributed by atoms with Crippen LogP contribution in [0.4, 0.5) is 5.95 Å². The first-order chi connectivity index (χ1) is 10.1. The number of hydrogen-bond acceptors (Lipinski definition) is 4. The summed E-state index contributed by atoms with van der Waals surface area (Å²) in [6, 6.07) is 8.75. The molecule has 0 fully saturated rings. The Labute approximate surface area is 123 Å². The van der Waals surface area contributed by atoms with Crippen LogP contribution in [0.2, 0.25) is 0 Å². The molecule has 1 aromatic heterocycles. The summed E-state index contributed by atoms with van der Waals surface area (Å²) in [5.41, 5.74) is 2.53. The van der Waals surface area contributed by atoms with Gasteiger partial charge in [-0.3, -0.25) is 10.1 Å². The third-order valence-electron chi connectivity index (χ3n) is 2.68. The van der Waals surface area contributed by atoms with E-state index in [1.165, 1.54) is 0 Å². The third-order valence-corrected chi connectivity index (χ3v) is 2.68. The second-order valence-corrected chi connectivity index (χ2v) is 4.43. The van der Waals surface area contributed by atoms with Gasteiger partial charge in [0.05, 0.1) is 5.56 Å². The van der Waals surface area contributed by atoms with Crippen LogP contribution in [0, 0.1) is 25.7 Å². The van der Waals surface area contributed by atoms with Crippen LogP contribution >= 0.6 is 0 Å². The molecular weight excluding hydrogens is 266 g/mol. The van der Waals surface area contributed by atoms with Crippen molar-refractivity contribution in [1.82, 2.24) is 9.97 Å². The van der Waals surface area contributed by atoms with Crippen LogP contribution in [0.1, 0.15) is 27.3 Å². The van der Waals surface area contributed by atoms with Crippen molar-refractivity contribution in [1.29, 1.82) is 0 Å². The summed E-state index contributed by atoms with van der Waals surface area (Å²) >= 11 is 0. The number of rotatable bonds is 2. The first-order valence-electron chi connectivity index (χ1n) is 6.42. The molecule has 5 nitrogen and oxygen atoms in total. The summed E-state index contributed by atoms with van der Waals surface area (Å²) in [7, 11) is 0. The summed E-state index contributed by atoms with van der Waals surface area (Å²) < 4.78 is 0. The fourth-order valence-corrected chi connectivity index (χ4v) is 1.88. The zero-order valence-corrected chi connectivity index (χ0v) is 11.8. The number of aryl methyl sites for hydroxylation is 2. The molecule has 0 aliphatic rings. The Morgan fingerprint density at radius 1 is 1.24 bits per heavy atom. The molecule has 2 aromatic rings. The molecular formula is C16H15N3O2. The molecule has 0 spiro atoms. The summed E-state index contributed by atoms with van der Waals surface area (Å²) in [4.78, 5) is 20.6. The Hall–Kier alpha value is -2.71. The average Bonchev–Trinajstić information content (AvgIpc) is 2.44. The van der Waals surface area contributed by atoms with Crippen LogP contribution in [0.25, 0.3) is 0 Å². The highest BCUT2D eigenvalue weighted by atomic mass is 16.2. The average molecular weight is 281 g/mol. The largest absolute Gasteiger partial charge is 0.384 e. The molecule has 0 aliphatic heterocycles. The minimum absolute atomic E-state index is 0.254. The van der Waals surface area contributed by atoms with Gasteiger partial charge in [0.2, 0.25) is 5.95 Å². The summed E-state index contributed by atoms with van der Waals surface area (Å²) in [5, 5.41) is 11.4. The number of hydrogen-bond donors (Lipinski definition) is 2. The summed E-state index contributed by atoms with van der Waals surface area (Å²) in [5.74, 6) is 5.22. The van der Waals surface area contributed by atoms with E-state index < -0.39 is 0 Å². The standard InChI is InChI=1S/C16H15N3O2/c1-11-10-12(2)18-16(17-11)19-15(21)14-8-4-3-6-13(14)7-5-9-20/h3-4,6,8,10,20H,9H2,1-2H3,(H,17,18,19,21). The molecule has 0 saturated carbocycles. The second kappa shape index (κ2) is 6.64. The highest BCUT2D eigenvalue weighted by Crippen LogP contribution is 2.11. The van der Waals surface area contributed by atoms with E-state index in [1.807, 2.05) is 19.9 Å². The number of carbonyl (C=O) groups excluding carboxylic acids is 1. The molecule has 0 radical (unpaired) electrons. The Morgan fingerprint density at radius 2 is 1.90 bits per heavy atom. The predicted octanol–water partition coefficient (Wildman–Crippen LogP) is 1.69. The van der Waals surface area contributed by atoms with Gasteiger partial charge in [-0.05, 0) is 32.0 Å². The van der Waals surface area contributed by atoms with Crippen LogP contribution in [0.3, 0.4) is 0 Å². The molecule has 106 valence electrons. The maximum atomic E-state index is 12.3. The van der Waals surface area contributed by atoms with Gasteiger partial charge >= 0.3 is 0 Å². The first-order valence-corrected chi connectivity index (χ1v) is 6.42. The van der Waals surface area contributed by atoms with E-state index in [-0.39, 0.29) is 18.5 Å². The lowest BCUT2D eigenvalue weighted by Crippen LogP contribution is -2.16. The lowest BCUT2D eigenvalue weighted by Gasteiger charge is -2.07. The monoisotopic (exact) mass is 281 g/mol. The Balaban J connectivity index is 2.28. The van der Waals surface area contributed by atoms with Gasteiger partial charge in [-0.15, -0.1) is 0 Å². The normalized spacial score (nSPS) is 9.67. The van der Waals surface area contributed by atoms with Gasteiger partial charge in [-0.1, -0.05) is 24.0 Å². The molecule has 21 heavy (non-hydrogen) atoms. The molecule has 0 aliphatic carbocycles. The lowest BCUT2D eigenvalue weighted by atomic mass is 10.1. The highest BCUT2D eigenvalue weighted by molar-refractivity contribution is 6.05. The van der Waals surface area contributed by atoms with Gasteiger partial charge < -0.3 is 5.11 Å². The molecule has 0 saturated heterocycles. The van der Waals surface area contributed by atoms with Crippen molar-refractivity contribution in [2.45, 2.75) is 13.8 Å². The Morgan fingerprint density at radius 3 is 2.57 bits per heavy atom. The SMILES string of the molecule is Cc1cc(C)nc(NC(=O)c2ccccc2C#CCO)n1. The molecule has 0 atom stereocenters. The molecule has 1 aromatic carbocycles. The van der Waals surface area contributed by atoms with Crippen molar-refractivity contribution < 1.29 is 9.90 Å². The van der Waals surface area contributed by atoms with Gasteiger partial charge in [-0.2, -0.15) is 0 Å². The van der Waals surface area contributed by atoms with Gasteiger partial charge in [0.1, 0.15) is 6.61 Å². The van der Waals surface area contributed by atoms with Crippen molar-refractivity contribution >= 4 is 11.9 Å². The number of anilines is 1. The molecule has 2 N–H and O–H groups in total. The zero-order chi connectivity index (χ0) is 15.2. The number of carbonyl (C=O) groups is 1. The van der Waals surface area contributed by atoms with Crippen LogP contribution in [-0.2, 0) is 0 Å². The summed E-state index contributed by atoms with van der Waals surface area (Å²) in [6.45, 7) is 3.42. The predicted molar refractivity (Wildman–Crippen MR) is 79.9 cm³/mol. The number of amides is 1. The maximum Gasteiger partial charge on any atom is 0.259 e. The fourth-order valence-electron chi connectivity index (χ4n) is 1.88. The highest BCUT2D eigenvalue weighted by Gasteiger charge is 2.11. The number of nitrogens with one attached hydrogen (secondary N) is 1. The smallest absolute Gasteiger partial charge is 0.259 e. The quantitative estimate of drug-likeness (QED) is 0.821. The van der Waals surface area contributed by atoms with Crippen LogP contribution in [0.15, 0.2) is 30.3 Å². The van der Waals surface area contributed by atoms with E-state index in [9.17, 15) is 4.79 Å². The number of aromatic nitrogens is 2. The Bertz CT molecular complexity index is 710. The van der Waals surface area contributed by atoms with Gasteiger partial charge in [0.15, 0.2) is 0 Å². The molecule has 1 heterocycles. The molecule has 0 bridgehead atoms. The van der Waals surface area contributed by atoms with Crippen LogP contribution in [0.5, 0.6) is 0 Å². The first kappa shape index (κ1) is 14.7. The van der Waals surface area contributed by atoms with Crippen LogP contribution in [-0.4, -0.2) is 27.6 Å². The van der Waals surface area contributed by atoms with Gasteiger partial charge in [0.25, 0.3) is 5.91 Å². The van der Waals surface area contributed by atoms with Crippen molar-refractivity contribution in [3.8, 4) is 11.8 Å². The van der Waals surface area contributed by atoms with E-state index in [1.54, 1.807) is 24.3 Å². The van der Waals surface area contributed by atoms with Crippen LogP contribution < -0.4 is 5.32 Å². The van der Waals surface area contributed by atoms with Crippen molar-refractivity contribution in [2.24, 2.45) is 0 Å². The van der Waals surface area contributed by atoms with E-state index in [0.29, 0.717) is 11.1 Å². The minimum Gasteiger partial charge on any atom is -0.384 e. The zero-order valence-electron chi connectivity index (χ0n) is 11.8. The minimum atomic E-state index is -0.331. The Kier molecular flexibility index (Phi) is 4.64. The lowest BCUT2D eigenvalue weighted by molar-refractivity contribution is 0.102. The van der Waals surface area contributed by atoms with Crippen molar-refractivity contribution in [3.05, 3.63) is 52.8 Å². The summed E-state index contributed by atoms with van der Waals surface area (Å²) in [6.07, 6.45) is 0. The second-order valence-electron chi connectivity index (χ2n) is 4.43. The molecule has 2 rings (SSSR count). The van der Waals surface area contributed by atoms with E-state index in [2.05, 4.69) is 27.1 Å². The van der Waals surface area contributed by atoms with Crippen molar-refractivity contribution in [3.63, 3.8) is 0 Å². The van der Waals surface area contributed by atoms with E-state index in [0.717, 1.165) is 11.4 Å².